The first-order valence-electron chi connectivity index (χ1n) is 9.80. The van der Waals surface area contributed by atoms with Gasteiger partial charge >= 0.3 is 0 Å². The van der Waals surface area contributed by atoms with Crippen LogP contribution in [0.4, 0.5) is 0 Å². The van der Waals surface area contributed by atoms with E-state index < -0.39 is 27.9 Å². The standard InChI is InChI=1S/C23H23N3O5S/c1-17(26-32(29,30)19-12-6-3-7-13-19)23(28)25-24-22(27)16-31-21-15-9-8-14-20(21)18-10-4-2-5-11-18/h2-15,17,26H,16H2,1H3,(H,24,27)(H,25,28). The molecule has 0 spiro atoms. The van der Waals surface area contributed by atoms with Crippen molar-refractivity contribution in [1.82, 2.24) is 15.6 Å². The molecule has 2 amide bonds. The van der Waals surface area contributed by atoms with Crippen molar-refractivity contribution in [3.8, 4) is 16.9 Å². The quantitative estimate of drug-likeness (QED) is 0.453. The predicted octanol–water partition coefficient (Wildman–Crippen LogP) is 2.25. The number of ether oxygens (including phenoxy) is 1. The third kappa shape index (κ3) is 6.16. The molecule has 166 valence electrons. The molecule has 3 aromatic rings. The zero-order chi connectivity index (χ0) is 23.0. The average Bonchev–Trinajstić information content (AvgIpc) is 2.82. The number of amides is 2. The van der Waals surface area contributed by atoms with Gasteiger partial charge in [-0.25, -0.2) is 8.42 Å². The highest BCUT2D eigenvalue weighted by molar-refractivity contribution is 7.89. The average molecular weight is 454 g/mol. The number of nitrogens with one attached hydrogen (secondary N) is 3. The number of hydrogen-bond acceptors (Lipinski definition) is 5. The molecule has 0 saturated carbocycles. The van der Waals surface area contributed by atoms with E-state index >= 15 is 0 Å². The third-order valence-electron chi connectivity index (χ3n) is 4.43. The SMILES string of the molecule is CC(NS(=O)(=O)c1ccccc1)C(=O)NNC(=O)COc1ccccc1-c1ccccc1. The lowest BCUT2D eigenvalue weighted by Gasteiger charge is -2.15. The van der Waals surface area contributed by atoms with E-state index in [1.165, 1.54) is 19.1 Å². The normalized spacial score (nSPS) is 11.9. The lowest BCUT2D eigenvalue weighted by molar-refractivity contribution is -0.130. The van der Waals surface area contributed by atoms with Crippen LogP contribution in [0, 0.1) is 0 Å². The molecule has 0 heterocycles. The lowest BCUT2D eigenvalue weighted by atomic mass is 10.1. The number of rotatable bonds is 8. The molecule has 3 rings (SSSR count). The molecule has 0 bridgehead atoms. The fourth-order valence-corrected chi connectivity index (χ4v) is 4.05. The Morgan fingerprint density at radius 2 is 1.44 bits per heavy atom. The number of carbonyl (C=O) groups excluding carboxylic acids is 2. The Morgan fingerprint density at radius 3 is 2.12 bits per heavy atom. The van der Waals surface area contributed by atoms with Crippen LogP contribution in [0.5, 0.6) is 5.75 Å². The van der Waals surface area contributed by atoms with Gasteiger partial charge in [-0.2, -0.15) is 4.72 Å². The molecule has 0 aliphatic carbocycles. The summed E-state index contributed by atoms with van der Waals surface area (Å²) in [5.74, 6) is -0.800. The summed E-state index contributed by atoms with van der Waals surface area (Å²) in [4.78, 5) is 24.3. The minimum absolute atomic E-state index is 0.0363. The van der Waals surface area contributed by atoms with Crippen LogP contribution in [0.25, 0.3) is 11.1 Å². The van der Waals surface area contributed by atoms with Crippen LogP contribution >= 0.6 is 0 Å². The molecule has 0 aliphatic heterocycles. The topological polar surface area (TPSA) is 114 Å². The maximum atomic E-state index is 12.3. The van der Waals surface area contributed by atoms with E-state index in [1.807, 2.05) is 42.5 Å². The molecule has 9 heteroatoms. The van der Waals surface area contributed by atoms with Gasteiger partial charge in [0.15, 0.2) is 6.61 Å². The largest absolute Gasteiger partial charge is 0.483 e. The molecule has 0 aromatic heterocycles. The molecular weight excluding hydrogens is 430 g/mol. The van der Waals surface area contributed by atoms with Gasteiger partial charge in [0.05, 0.1) is 10.9 Å². The Morgan fingerprint density at radius 1 is 0.844 bits per heavy atom. The molecule has 0 radical (unpaired) electrons. The number of para-hydroxylation sites is 1. The third-order valence-corrected chi connectivity index (χ3v) is 5.99. The summed E-state index contributed by atoms with van der Waals surface area (Å²) in [6.07, 6.45) is 0. The van der Waals surface area contributed by atoms with Gasteiger partial charge in [-0.3, -0.25) is 20.4 Å². The fraction of sp³-hybridized carbons (Fsp3) is 0.130. The van der Waals surface area contributed by atoms with Gasteiger partial charge in [0.2, 0.25) is 10.0 Å². The Kier molecular flexibility index (Phi) is 7.58. The predicted molar refractivity (Wildman–Crippen MR) is 120 cm³/mol. The van der Waals surface area contributed by atoms with Crippen molar-refractivity contribution >= 4 is 21.8 Å². The van der Waals surface area contributed by atoms with Crippen molar-refractivity contribution in [1.29, 1.82) is 0 Å². The second kappa shape index (κ2) is 10.6. The maximum absolute atomic E-state index is 12.3. The van der Waals surface area contributed by atoms with Crippen molar-refractivity contribution in [2.45, 2.75) is 17.9 Å². The summed E-state index contributed by atoms with van der Waals surface area (Å²) >= 11 is 0. The van der Waals surface area contributed by atoms with Crippen LogP contribution in [0.2, 0.25) is 0 Å². The van der Waals surface area contributed by atoms with Crippen molar-refractivity contribution in [3.63, 3.8) is 0 Å². The zero-order valence-electron chi connectivity index (χ0n) is 17.3. The first-order valence-corrected chi connectivity index (χ1v) is 11.3. The van der Waals surface area contributed by atoms with Crippen molar-refractivity contribution in [2.24, 2.45) is 0 Å². The van der Waals surface area contributed by atoms with Crippen molar-refractivity contribution in [2.75, 3.05) is 6.61 Å². The van der Waals surface area contributed by atoms with Gasteiger partial charge < -0.3 is 4.74 Å². The number of hydrazine groups is 1. The van der Waals surface area contributed by atoms with E-state index in [9.17, 15) is 18.0 Å². The molecule has 1 atom stereocenters. The molecule has 0 aliphatic rings. The van der Waals surface area contributed by atoms with Crippen molar-refractivity contribution < 1.29 is 22.7 Å². The Hall–Kier alpha value is -3.69. The van der Waals surface area contributed by atoms with Crippen molar-refractivity contribution in [3.05, 3.63) is 84.9 Å². The smallest absolute Gasteiger partial charge is 0.276 e. The van der Waals surface area contributed by atoms with Gasteiger partial charge in [-0.1, -0.05) is 66.7 Å². The number of carbonyl (C=O) groups is 2. The monoisotopic (exact) mass is 453 g/mol. The molecule has 0 saturated heterocycles. The highest BCUT2D eigenvalue weighted by Gasteiger charge is 2.22. The Bertz CT molecular complexity index is 1170. The first kappa shape index (κ1) is 23.0. The summed E-state index contributed by atoms with van der Waals surface area (Å²) in [5.41, 5.74) is 6.18. The first-order chi connectivity index (χ1) is 15.4. The minimum Gasteiger partial charge on any atom is -0.483 e. The highest BCUT2D eigenvalue weighted by atomic mass is 32.2. The minimum atomic E-state index is -3.87. The number of hydrogen-bond donors (Lipinski definition) is 3. The van der Waals surface area contributed by atoms with E-state index in [1.54, 1.807) is 30.3 Å². The van der Waals surface area contributed by atoms with Gasteiger partial charge in [-0.05, 0) is 30.7 Å². The van der Waals surface area contributed by atoms with Crippen LogP contribution in [-0.2, 0) is 19.6 Å². The molecule has 32 heavy (non-hydrogen) atoms. The summed E-state index contributed by atoms with van der Waals surface area (Å²) in [6, 6.07) is 23.4. The van der Waals surface area contributed by atoms with E-state index in [0.29, 0.717) is 5.75 Å². The van der Waals surface area contributed by atoms with Crippen LogP contribution in [-0.4, -0.2) is 32.9 Å². The van der Waals surface area contributed by atoms with E-state index in [0.717, 1.165) is 11.1 Å². The van der Waals surface area contributed by atoms with Crippen LogP contribution in [0.15, 0.2) is 89.8 Å². The fourth-order valence-electron chi connectivity index (χ4n) is 2.82. The van der Waals surface area contributed by atoms with Gasteiger partial charge in [0.25, 0.3) is 11.8 Å². The van der Waals surface area contributed by atoms with Crippen LogP contribution < -0.4 is 20.3 Å². The Labute approximate surface area is 186 Å². The summed E-state index contributed by atoms with van der Waals surface area (Å²) in [7, 11) is -3.87. The summed E-state index contributed by atoms with van der Waals surface area (Å²) in [6.45, 7) is 1.03. The van der Waals surface area contributed by atoms with E-state index in [2.05, 4.69) is 15.6 Å². The molecule has 3 aromatic carbocycles. The zero-order valence-corrected chi connectivity index (χ0v) is 18.1. The molecular formula is C23H23N3O5S. The maximum Gasteiger partial charge on any atom is 0.276 e. The van der Waals surface area contributed by atoms with E-state index in [-0.39, 0.29) is 11.5 Å². The lowest BCUT2D eigenvalue weighted by Crippen LogP contribution is -2.51. The molecule has 8 nitrogen and oxygen atoms in total. The highest BCUT2D eigenvalue weighted by Crippen LogP contribution is 2.29. The Balaban J connectivity index is 1.51. The van der Waals surface area contributed by atoms with Gasteiger partial charge in [-0.15, -0.1) is 0 Å². The van der Waals surface area contributed by atoms with E-state index in [4.69, 9.17) is 4.74 Å². The second-order valence-corrected chi connectivity index (χ2v) is 8.56. The number of benzene rings is 3. The van der Waals surface area contributed by atoms with Gasteiger partial charge in [0, 0.05) is 5.56 Å². The molecule has 0 fully saturated rings. The molecule has 1 unspecified atom stereocenters. The molecule has 3 N–H and O–H groups in total. The number of sulfonamides is 1. The van der Waals surface area contributed by atoms with Crippen LogP contribution in [0.3, 0.4) is 0 Å². The van der Waals surface area contributed by atoms with Gasteiger partial charge in [0.1, 0.15) is 5.75 Å². The summed E-state index contributed by atoms with van der Waals surface area (Å²) in [5, 5.41) is 0. The summed E-state index contributed by atoms with van der Waals surface area (Å²) < 4.78 is 32.5. The van der Waals surface area contributed by atoms with Crippen LogP contribution in [0.1, 0.15) is 6.92 Å². The second-order valence-electron chi connectivity index (χ2n) is 6.84.